The molecule has 2 heterocycles. The van der Waals surface area contributed by atoms with Gasteiger partial charge in [0.15, 0.2) is 0 Å². The van der Waals surface area contributed by atoms with Crippen LogP contribution >= 0.6 is 0 Å². The molecular formula is C40H39BO3. The lowest BCUT2D eigenvalue weighted by molar-refractivity contribution is -0.0399. The molecule has 3 nitrogen and oxygen atoms in total. The Hall–Kier alpha value is -3.34. The van der Waals surface area contributed by atoms with Gasteiger partial charge in [-0.25, -0.2) is 0 Å². The van der Waals surface area contributed by atoms with Crippen molar-refractivity contribution in [3.63, 3.8) is 0 Å². The molecule has 4 saturated carbocycles. The molecule has 6 aliphatic rings. The van der Waals surface area contributed by atoms with E-state index in [1.807, 2.05) is 0 Å². The van der Waals surface area contributed by atoms with E-state index in [1.165, 1.54) is 54.4 Å². The summed E-state index contributed by atoms with van der Waals surface area (Å²) in [7, 11) is -0.460. The lowest BCUT2D eigenvalue weighted by Crippen LogP contribution is -2.55. The highest BCUT2D eigenvalue weighted by atomic mass is 16.7. The number of rotatable bonds is 2. The number of para-hydroxylation sites is 1. The summed E-state index contributed by atoms with van der Waals surface area (Å²) in [5.74, 6) is 3.49. The Morgan fingerprint density at radius 3 is 2.02 bits per heavy atom. The zero-order valence-corrected chi connectivity index (χ0v) is 26.2. The molecule has 220 valence electrons. The summed E-state index contributed by atoms with van der Waals surface area (Å²) >= 11 is 0. The predicted octanol–water partition coefficient (Wildman–Crippen LogP) is 9.27. The van der Waals surface area contributed by atoms with Gasteiger partial charge in [-0.15, -0.1) is 0 Å². The van der Waals surface area contributed by atoms with Crippen molar-refractivity contribution in [2.75, 3.05) is 0 Å². The van der Waals surface area contributed by atoms with E-state index in [4.69, 9.17) is 13.7 Å². The maximum absolute atomic E-state index is 6.64. The van der Waals surface area contributed by atoms with Gasteiger partial charge in [-0.05, 0) is 135 Å². The Labute approximate surface area is 260 Å². The van der Waals surface area contributed by atoms with Crippen LogP contribution in [0.1, 0.15) is 70.9 Å². The maximum atomic E-state index is 6.64. The largest absolute Gasteiger partial charge is 0.498 e. The predicted molar refractivity (Wildman–Crippen MR) is 178 cm³/mol. The fraction of sp³-hybridized carbons (Fsp3) is 0.400. The summed E-state index contributed by atoms with van der Waals surface area (Å²) < 4.78 is 19.5. The van der Waals surface area contributed by atoms with Crippen LogP contribution in [0.3, 0.4) is 0 Å². The number of fused-ring (bicyclic) bond motifs is 6. The summed E-state index contributed by atoms with van der Waals surface area (Å²) in [5.41, 5.74) is 10.7. The number of hydrogen-bond donors (Lipinski definition) is 0. The van der Waals surface area contributed by atoms with Crippen LogP contribution in [0.2, 0.25) is 0 Å². The van der Waals surface area contributed by atoms with Gasteiger partial charge in [0, 0.05) is 21.7 Å². The monoisotopic (exact) mass is 578 g/mol. The third kappa shape index (κ3) is 3.21. The van der Waals surface area contributed by atoms with Crippen LogP contribution in [0.15, 0.2) is 83.3 Å². The Kier molecular flexibility index (Phi) is 4.99. The van der Waals surface area contributed by atoms with Gasteiger partial charge in [-0.2, -0.15) is 0 Å². The minimum atomic E-state index is -0.460. The van der Waals surface area contributed by atoms with Gasteiger partial charge in [0.05, 0.1) is 11.2 Å². The SMILES string of the molecule is CC1(C)OB(c2cccc3c2oc2cc(-c4ccc5c(c4)-c4ccccc4C54C5CC6CC(C5)CC4C6)ccc23)OC1(C)C. The van der Waals surface area contributed by atoms with E-state index in [2.05, 4.69) is 107 Å². The first-order chi connectivity index (χ1) is 21.2. The first-order valence-corrected chi connectivity index (χ1v) is 16.8. The summed E-state index contributed by atoms with van der Waals surface area (Å²) in [6.45, 7) is 8.38. The fourth-order valence-electron chi connectivity index (χ4n) is 10.5. The molecule has 11 rings (SSSR count). The maximum Gasteiger partial charge on any atom is 0.498 e. The average Bonchev–Trinajstić information content (AvgIpc) is 3.59. The van der Waals surface area contributed by atoms with Crippen molar-refractivity contribution in [3.8, 4) is 22.3 Å². The average molecular weight is 579 g/mol. The molecule has 4 aromatic carbocycles. The van der Waals surface area contributed by atoms with E-state index >= 15 is 0 Å². The topological polar surface area (TPSA) is 31.6 Å². The molecule has 0 radical (unpaired) electrons. The van der Waals surface area contributed by atoms with E-state index in [0.717, 1.165) is 51.1 Å². The van der Waals surface area contributed by atoms with Gasteiger partial charge in [-0.3, -0.25) is 0 Å². The molecule has 0 amide bonds. The van der Waals surface area contributed by atoms with Gasteiger partial charge >= 0.3 is 7.12 Å². The van der Waals surface area contributed by atoms with Gasteiger partial charge in [0.25, 0.3) is 0 Å². The second-order valence-corrected chi connectivity index (χ2v) is 15.6. The number of benzene rings is 4. The van der Waals surface area contributed by atoms with Crippen molar-refractivity contribution in [1.29, 1.82) is 0 Å². The van der Waals surface area contributed by atoms with Gasteiger partial charge in [-0.1, -0.05) is 60.7 Å². The van der Waals surface area contributed by atoms with Gasteiger partial charge < -0.3 is 13.7 Å². The molecule has 1 saturated heterocycles. The molecule has 44 heavy (non-hydrogen) atoms. The molecule has 1 aromatic heterocycles. The number of furan rings is 1. The van der Waals surface area contributed by atoms with Crippen LogP contribution < -0.4 is 5.46 Å². The highest BCUT2D eigenvalue weighted by Gasteiger charge is 2.61. The Balaban J connectivity index is 1.08. The van der Waals surface area contributed by atoms with E-state index in [-0.39, 0.29) is 5.41 Å². The smallest absolute Gasteiger partial charge is 0.456 e. The molecule has 4 bridgehead atoms. The van der Waals surface area contributed by atoms with Crippen LogP contribution in [0, 0.1) is 23.7 Å². The highest BCUT2D eigenvalue weighted by Crippen LogP contribution is 2.69. The van der Waals surface area contributed by atoms with Crippen molar-refractivity contribution in [2.24, 2.45) is 23.7 Å². The second-order valence-electron chi connectivity index (χ2n) is 15.6. The Morgan fingerprint density at radius 2 is 1.27 bits per heavy atom. The van der Waals surface area contributed by atoms with Crippen LogP contribution in [-0.4, -0.2) is 18.3 Å². The minimum Gasteiger partial charge on any atom is -0.456 e. The molecular weight excluding hydrogens is 539 g/mol. The van der Waals surface area contributed by atoms with E-state index < -0.39 is 18.3 Å². The summed E-state index contributed by atoms with van der Waals surface area (Å²) in [5, 5.41) is 2.23. The third-order valence-corrected chi connectivity index (χ3v) is 12.9. The van der Waals surface area contributed by atoms with E-state index in [0.29, 0.717) is 0 Å². The van der Waals surface area contributed by atoms with E-state index in [9.17, 15) is 0 Å². The standard InChI is InChI=1S/C40H39BO3/c1-38(2)39(3,4)44-41(43-38)35-11-7-9-31-30-14-12-26(22-36(30)42-37(31)35)25-13-15-34-32(21-25)29-8-5-6-10-33(29)40(34)27-17-23-16-24(19-27)20-28(40)18-23/h5-15,21-24,27-28H,16-20H2,1-4H3. The molecule has 5 aromatic rings. The Bertz CT molecular complexity index is 1970. The first-order valence-electron chi connectivity index (χ1n) is 16.8. The molecule has 0 unspecified atom stereocenters. The lowest BCUT2D eigenvalue weighted by atomic mass is 9.43. The van der Waals surface area contributed by atoms with E-state index in [1.54, 1.807) is 11.1 Å². The molecule has 0 N–H and O–H groups in total. The van der Waals surface area contributed by atoms with Gasteiger partial charge in [0.1, 0.15) is 11.2 Å². The zero-order valence-electron chi connectivity index (χ0n) is 26.2. The molecule has 5 fully saturated rings. The van der Waals surface area contributed by atoms with Crippen LogP contribution in [0.4, 0.5) is 0 Å². The number of hydrogen-bond acceptors (Lipinski definition) is 3. The molecule has 5 aliphatic carbocycles. The molecule has 4 heteroatoms. The summed E-state index contributed by atoms with van der Waals surface area (Å²) in [4.78, 5) is 0. The molecule has 0 atom stereocenters. The molecule has 1 spiro atoms. The zero-order chi connectivity index (χ0) is 29.6. The van der Waals surface area contributed by atoms with Crippen molar-refractivity contribution < 1.29 is 13.7 Å². The highest BCUT2D eigenvalue weighted by molar-refractivity contribution is 6.65. The van der Waals surface area contributed by atoms with Crippen LogP contribution in [-0.2, 0) is 14.7 Å². The van der Waals surface area contributed by atoms with Crippen LogP contribution in [0.5, 0.6) is 0 Å². The van der Waals surface area contributed by atoms with Crippen molar-refractivity contribution in [1.82, 2.24) is 0 Å². The molecule has 1 aliphatic heterocycles. The van der Waals surface area contributed by atoms with Crippen molar-refractivity contribution >= 4 is 34.5 Å². The first kappa shape index (κ1) is 25.9. The quantitative estimate of drug-likeness (QED) is 0.196. The summed E-state index contributed by atoms with van der Waals surface area (Å²) in [6, 6.07) is 29.8. The lowest BCUT2D eigenvalue weighted by Gasteiger charge is -2.61. The summed E-state index contributed by atoms with van der Waals surface area (Å²) in [6.07, 6.45) is 7.15. The third-order valence-electron chi connectivity index (χ3n) is 12.9. The second kappa shape index (κ2) is 8.47. The Morgan fingerprint density at radius 1 is 0.614 bits per heavy atom. The van der Waals surface area contributed by atoms with Crippen molar-refractivity contribution in [2.45, 2.75) is 76.4 Å². The minimum absolute atomic E-state index is 0.213. The van der Waals surface area contributed by atoms with Crippen molar-refractivity contribution in [3.05, 3.63) is 90.0 Å². The van der Waals surface area contributed by atoms with Gasteiger partial charge in [0.2, 0.25) is 0 Å². The normalized spacial score (nSPS) is 30.5. The fourth-order valence-corrected chi connectivity index (χ4v) is 10.5. The van der Waals surface area contributed by atoms with Crippen LogP contribution in [0.25, 0.3) is 44.2 Å².